The third-order valence-corrected chi connectivity index (χ3v) is 2.94. The SMILES string of the molecule is CC(C)CN(CCCCNC(C)C)CCN(C)C. The number of nitrogens with one attached hydrogen (secondary N) is 1. The van der Waals surface area contributed by atoms with Crippen molar-refractivity contribution in [3.63, 3.8) is 0 Å². The van der Waals surface area contributed by atoms with Crippen LogP contribution >= 0.6 is 0 Å². The molecule has 0 aliphatic rings. The highest BCUT2D eigenvalue weighted by molar-refractivity contribution is 4.63. The first-order valence-corrected chi connectivity index (χ1v) is 7.52. The second kappa shape index (κ2) is 10.8. The highest BCUT2D eigenvalue weighted by atomic mass is 15.2. The van der Waals surface area contributed by atoms with E-state index in [2.05, 4.69) is 56.9 Å². The van der Waals surface area contributed by atoms with Gasteiger partial charge in [-0.2, -0.15) is 0 Å². The number of unbranched alkanes of at least 4 members (excludes halogenated alkanes) is 1. The van der Waals surface area contributed by atoms with Gasteiger partial charge in [-0.05, 0) is 45.9 Å². The topological polar surface area (TPSA) is 18.5 Å². The largest absolute Gasteiger partial charge is 0.315 e. The van der Waals surface area contributed by atoms with Crippen molar-refractivity contribution in [2.45, 2.75) is 46.6 Å². The van der Waals surface area contributed by atoms with Crippen LogP contribution in [0.25, 0.3) is 0 Å². The summed E-state index contributed by atoms with van der Waals surface area (Å²) in [6.07, 6.45) is 2.59. The van der Waals surface area contributed by atoms with Crippen molar-refractivity contribution in [3.05, 3.63) is 0 Å². The van der Waals surface area contributed by atoms with Crippen LogP contribution in [-0.2, 0) is 0 Å². The molecule has 0 aliphatic carbocycles. The monoisotopic (exact) mass is 257 g/mol. The van der Waals surface area contributed by atoms with E-state index >= 15 is 0 Å². The predicted molar refractivity (Wildman–Crippen MR) is 82.2 cm³/mol. The van der Waals surface area contributed by atoms with Gasteiger partial charge in [-0.15, -0.1) is 0 Å². The second-order valence-corrected chi connectivity index (χ2v) is 6.31. The zero-order valence-corrected chi connectivity index (χ0v) is 13.5. The summed E-state index contributed by atoms with van der Waals surface area (Å²) in [6, 6.07) is 0.616. The third kappa shape index (κ3) is 12.3. The Morgan fingerprint density at radius 1 is 0.889 bits per heavy atom. The van der Waals surface area contributed by atoms with Crippen LogP contribution < -0.4 is 5.32 Å². The Morgan fingerprint density at radius 2 is 1.56 bits per heavy atom. The van der Waals surface area contributed by atoms with Crippen molar-refractivity contribution < 1.29 is 0 Å². The fourth-order valence-corrected chi connectivity index (χ4v) is 2.00. The molecule has 0 unspecified atom stereocenters. The Balaban J connectivity index is 3.72. The standard InChI is InChI=1S/C15H35N3/c1-14(2)13-18(12-11-17(5)6)10-8-7-9-16-15(3)4/h14-16H,7-13H2,1-6H3. The summed E-state index contributed by atoms with van der Waals surface area (Å²) in [5.74, 6) is 0.765. The van der Waals surface area contributed by atoms with E-state index < -0.39 is 0 Å². The average molecular weight is 257 g/mol. The summed E-state index contributed by atoms with van der Waals surface area (Å²) in [4.78, 5) is 4.88. The third-order valence-electron chi connectivity index (χ3n) is 2.94. The van der Waals surface area contributed by atoms with Crippen molar-refractivity contribution in [2.24, 2.45) is 5.92 Å². The lowest BCUT2D eigenvalue weighted by molar-refractivity contribution is 0.215. The van der Waals surface area contributed by atoms with Gasteiger partial charge in [-0.25, -0.2) is 0 Å². The van der Waals surface area contributed by atoms with Gasteiger partial charge in [-0.1, -0.05) is 27.7 Å². The van der Waals surface area contributed by atoms with Gasteiger partial charge in [0.05, 0.1) is 0 Å². The number of rotatable bonds is 11. The summed E-state index contributed by atoms with van der Waals surface area (Å²) < 4.78 is 0. The molecule has 3 nitrogen and oxygen atoms in total. The first kappa shape index (κ1) is 17.9. The van der Waals surface area contributed by atoms with E-state index in [0.717, 1.165) is 19.0 Å². The average Bonchev–Trinajstić information content (AvgIpc) is 2.23. The smallest absolute Gasteiger partial charge is 0.0109 e. The highest BCUT2D eigenvalue weighted by Gasteiger charge is 2.07. The van der Waals surface area contributed by atoms with Crippen LogP contribution in [-0.4, -0.2) is 62.7 Å². The van der Waals surface area contributed by atoms with Gasteiger partial charge >= 0.3 is 0 Å². The molecule has 0 atom stereocenters. The number of nitrogens with zero attached hydrogens (tertiary/aromatic N) is 2. The second-order valence-electron chi connectivity index (χ2n) is 6.31. The quantitative estimate of drug-likeness (QED) is 0.573. The molecule has 0 aromatic carbocycles. The van der Waals surface area contributed by atoms with Crippen molar-refractivity contribution in [1.82, 2.24) is 15.1 Å². The molecule has 0 radical (unpaired) electrons. The van der Waals surface area contributed by atoms with Crippen molar-refractivity contribution in [3.8, 4) is 0 Å². The molecule has 0 rings (SSSR count). The van der Waals surface area contributed by atoms with E-state index in [1.54, 1.807) is 0 Å². The molecule has 110 valence electrons. The lowest BCUT2D eigenvalue weighted by atomic mass is 10.2. The first-order chi connectivity index (χ1) is 8.41. The van der Waals surface area contributed by atoms with Crippen molar-refractivity contribution in [1.29, 1.82) is 0 Å². The molecule has 0 aromatic heterocycles. The fraction of sp³-hybridized carbons (Fsp3) is 1.00. The van der Waals surface area contributed by atoms with Crippen LogP contribution in [0.15, 0.2) is 0 Å². The van der Waals surface area contributed by atoms with Crippen molar-refractivity contribution in [2.75, 3.05) is 46.8 Å². The minimum Gasteiger partial charge on any atom is -0.315 e. The van der Waals surface area contributed by atoms with E-state index in [0.29, 0.717) is 6.04 Å². The molecule has 3 heteroatoms. The summed E-state index contributed by atoms with van der Waals surface area (Å²) in [6.45, 7) is 15.0. The predicted octanol–water partition coefficient (Wildman–Crippen LogP) is 2.28. The van der Waals surface area contributed by atoms with Gasteiger partial charge < -0.3 is 15.1 Å². The van der Waals surface area contributed by atoms with Crippen molar-refractivity contribution >= 4 is 0 Å². The molecule has 0 amide bonds. The fourth-order valence-electron chi connectivity index (χ4n) is 2.00. The first-order valence-electron chi connectivity index (χ1n) is 7.52. The number of hydrogen-bond donors (Lipinski definition) is 1. The lowest BCUT2D eigenvalue weighted by Gasteiger charge is -2.25. The zero-order valence-electron chi connectivity index (χ0n) is 13.5. The summed E-state index contributed by atoms with van der Waals surface area (Å²) in [5.41, 5.74) is 0. The number of hydrogen-bond acceptors (Lipinski definition) is 3. The molecule has 0 saturated carbocycles. The molecule has 1 N–H and O–H groups in total. The molecule has 0 spiro atoms. The summed E-state index contributed by atoms with van der Waals surface area (Å²) in [7, 11) is 4.31. The van der Waals surface area contributed by atoms with Crippen LogP contribution in [0.3, 0.4) is 0 Å². The van der Waals surface area contributed by atoms with Crippen LogP contribution in [0.5, 0.6) is 0 Å². The van der Waals surface area contributed by atoms with Gasteiger partial charge in [0, 0.05) is 25.7 Å². The Bertz CT molecular complexity index is 179. The van der Waals surface area contributed by atoms with E-state index in [1.165, 1.54) is 32.5 Å². The maximum Gasteiger partial charge on any atom is 0.0109 e. The van der Waals surface area contributed by atoms with Gasteiger partial charge in [0.2, 0.25) is 0 Å². The Morgan fingerprint density at radius 3 is 2.06 bits per heavy atom. The highest BCUT2D eigenvalue weighted by Crippen LogP contribution is 2.01. The molecule has 18 heavy (non-hydrogen) atoms. The Kier molecular flexibility index (Phi) is 10.7. The summed E-state index contributed by atoms with van der Waals surface area (Å²) >= 11 is 0. The molecule has 0 aliphatic heterocycles. The maximum absolute atomic E-state index is 3.48. The number of likely N-dealkylation sites (N-methyl/N-ethyl adjacent to an activating group) is 1. The maximum atomic E-state index is 3.48. The molecule has 0 aromatic rings. The van der Waals surface area contributed by atoms with E-state index in [4.69, 9.17) is 0 Å². The molecule has 0 heterocycles. The molecule has 0 saturated heterocycles. The van der Waals surface area contributed by atoms with E-state index in [1.807, 2.05) is 0 Å². The van der Waals surface area contributed by atoms with Crippen LogP contribution in [0.1, 0.15) is 40.5 Å². The van der Waals surface area contributed by atoms with E-state index in [9.17, 15) is 0 Å². The van der Waals surface area contributed by atoms with Gasteiger partial charge in [0.25, 0.3) is 0 Å². The van der Waals surface area contributed by atoms with Gasteiger partial charge in [-0.3, -0.25) is 0 Å². The molecular formula is C15H35N3. The molecular weight excluding hydrogens is 222 g/mol. The van der Waals surface area contributed by atoms with Gasteiger partial charge in [0.1, 0.15) is 0 Å². The van der Waals surface area contributed by atoms with Crippen LogP contribution in [0.4, 0.5) is 0 Å². The van der Waals surface area contributed by atoms with Gasteiger partial charge in [0.15, 0.2) is 0 Å². The summed E-state index contributed by atoms with van der Waals surface area (Å²) in [5, 5.41) is 3.48. The minimum absolute atomic E-state index is 0.616. The Hall–Kier alpha value is -0.120. The van der Waals surface area contributed by atoms with E-state index in [-0.39, 0.29) is 0 Å². The Labute approximate surface area is 115 Å². The zero-order chi connectivity index (χ0) is 14.0. The molecule has 0 bridgehead atoms. The molecule has 0 fully saturated rings. The van der Waals surface area contributed by atoms with Crippen LogP contribution in [0.2, 0.25) is 0 Å². The van der Waals surface area contributed by atoms with Crippen LogP contribution in [0, 0.1) is 5.92 Å². The lowest BCUT2D eigenvalue weighted by Crippen LogP contribution is -2.35. The normalized spacial score (nSPS) is 12.3. The minimum atomic E-state index is 0.616.